The number of urea groups is 1. The normalized spacial score (nSPS) is 17.5. The Morgan fingerprint density at radius 1 is 1.35 bits per heavy atom. The SMILES string of the molecule is CN(C)c1ncc(N2C(=O)N[C@H](Cc3csc(Br)c3)C2=O)cn1. The number of imide groups is 1. The van der Waals surface area contributed by atoms with Gasteiger partial charge in [-0.1, -0.05) is 0 Å². The molecule has 0 unspecified atom stereocenters. The maximum atomic E-state index is 12.5. The number of carbonyl (C=O) groups excluding carboxylic acids is 2. The van der Waals surface area contributed by atoms with Crippen LogP contribution in [0.5, 0.6) is 0 Å². The number of rotatable bonds is 4. The molecular weight excluding hydrogens is 382 g/mol. The number of anilines is 2. The van der Waals surface area contributed by atoms with E-state index >= 15 is 0 Å². The largest absolute Gasteiger partial charge is 0.347 e. The third kappa shape index (κ3) is 3.20. The minimum Gasteiger partial charge on any atom is -0.347 e. The summed E-state index contributed by atoms with van der Waals surface area (Å²) < 4.78 is 0.994. The maximum Gasteiger partial charge on any atom is 0.329 e. The molecule has 0 aliphatic carbocycles. The van der Waals surface area contributed by atoms with E-state index in [1.807, 2.05) is 25.5 Å². The van der Waals surface area contributed by atoms with Crippen LogP contribution >= 0.6 is 27.3 Å². The number of thiophene rings is 1. The average molecular weight is 396 g/mol. The van der Waals surface area contributed by atoms with Crippen LogP contribution in [0.4, 0.5) is 16.4 Å². The number of amides is 3. The lowest BCUT2D eigenvalue weighted by molar-refractivity contribution is -0.118. The summed E-state index contributed by atoms with van der Waals surface area (Å²) in [5, 5.41) is 4.67. The summed E-state index contributed by atoms with van der Waals surface area (Å²) in [6.07, 6.45) is 3.41. The summed E-state index contributed by atoms with van der Waals surface area (Å²) in [5.74, 6) is 0.221. The van der Waals surface area contributed by atoms with Crippen LogP contribution in [0.15, 0.2) is 27.6 Å². The van der Waals surface area contributed by atoms with Gasteiger partial charge in [0.2, 0.25) is 5.95 Å². The van der Waals surface area contributed by atoms with E-state index in [2.05, 4.69) is 31.2 Å². The Morgan fingerprint density at radius 3 is 2.61 bits per heavy atom. The van der Waals surface area contributed by atoms with E-state index in [0.717, 1.165) is 14.2 Å². The molecule has 3 heterocycles. The van der Waals surface area contributed by atoms with Gasteiger partial charge in [-0.15, -0.1) is 11.3 Å². The van der Waals surface area contributed by atoms with Gasteiger partial charge in [-0.3, -0.25) is 4.79 Å². The topological polar surface area (TPSA) is 78.4 Å². The first kappa shape index (κ1) is 15.9. The molecule has 9 heteroatoms. The number of carbonyl (C=O) groups is 2. The first-order valence-electron chi connectivity index (χ1n) is 6.82. The molecule has 1 fully saturated rings. The van der Waals surface area contributed by atoms with Gasteiger partial charge < -0.3 is 10.2 Å². The van der Waals surface area contributed by atoms with Crippen molar-refractivity contribution in [1.82, 2.24) is 15.3 Å². The van der Waals surface area contributed by atoms with Crippen molar-refractivity contribution >= 4 is 50.8 Å². The van der Waals surface area contributed by atoms with Crippen molar-refractivity contribution in [2.45, 2.75) is 12.5 Å². The second-order valence-corrected chi connectivity index (χ2v) is 7.57. The predicted molar refractivity (Wildman–Crippen MR) is 91.9 cm³/mol. The Balaban J connectivity index is 1.78. The zero-order valence-electron chi connectivity index (χ0n) is 12.5. The summed E-state index contributed by atoms with van der Waals surface area (Å²) in [5.41, 5.74) is 1.37. The van der Waals surface area contributed by atoms with Gasteiger partial charge in [-0.25, -0.2) is 19.7 Å². The molecule has 1 aliphatic heterocycles. The van der Waals surface area contributed by atoms with Gasteiger partial charge in [0.1, 0.15) is 6.04 Å². The molecule has 0 spiro atoms. The van der Waals surface area contributed by atoms with Crippen LogP contribution in [0.1, 0.15) is 5.56 Å². The summed E-state index contributed by atoms with van der Waals surface area (Å²) >= 11 is 4.94. The molecule has 1 atom stereocenters. The minimum absolute atomic E-state index is 0.293. The molecule has 120 valence electrons. The van der Waals surface area contributed by atoms with Crippen LogP contribution in [0.3, 0.4) is 0 Å². The summed E-state index contributed by atoms with van der Waals surface area (Å²) in [6.45, 7) is 0. The molecule has 3 rings (SSSR count). The molecule has 23 heavy (non-hydrogen) atoms. The third-order valence-corrected chi connectivity index (χ3v) is 4.92. The van der Waals surface area contributed by atoms with E-state index in [4.69, 9.17) is 0 Å². The number of hydrogen-bond acceptors (Lipinski definition) is 6. The number of nitrogens with one attached hydrogen (secondary N) is 1. The number of aromatic nitrogens is 2. The van der Waals surface area contributed by atoms with Crippen LogP contribution in [0.25, 0.3) is 0 Å². The molecule has 0 bridgehead atoms. The molecular formula is C14H14BrN5O2S. The predicted octanol–water partition coefficient (Wildman–Crippen LogP) is 2.03. The fourth-order valence-electron chi connectivity index (χ4n) is 2.26. The molecule has 1 aliphatic rings. The van der Waals surface area contributed by atoms with Crippen molar-refractivity contribution in [3.63, 3.8) is 0 Å². The van der Waals surface area contributed by atoms with Gasteiger partial charge in [0.25, 0.3) is 5.91 Å². The number of hydrogen-bond donors (Lipinski definition) is 1. The van der Waals surface area contributed by atoms with Gasteiger partial charge in [-0.2, -0.15) is 0 Å². The lowest BCUT2D eigenvalue weighted by atomic mass is 10.1. The highest BCUT2D eigenvalue weighted by atomic mass is 79.9. The zero-order chi connectivity index (χ0) is 16.6. The van der Waals surface area contributed by atoms with Gasteiger partial charge >= 0.3 is 6.03 Å². The van der Waals surface area contributed by atoms with Gasteiger partial charge in [0, 0.05) is 20.5 Å². The lowest BCUT2D eigenvalue weighted by Crippen LogP contribution is -2.32. The monoisotopic (exact) mass is 395 g/mol. The molecule has 3 amide bonds. The van der Waals surface area contributed by atoms with E-state index < -0.39 is 12.1 Å². The number of halogens is 1. The smallest absolute Gasteiger partial charge is 0.329 e. The zero-order valence-corrected chi connectivity index (χ0v) is 14.9. The van der Waals surface area contributed by atoms with Crippen molar-refractivity contribution in [3.8, 4) is 0 Å². The summed E-state index contributed by atoms with van der Waals surface area (Å²) in [7, 11) is 3.63. The van der Waals surface area contributed by atoms with Crippen LogP contribution in [0, 0.1) is 0 Å². The Hall–Kier alpha value is -2.00. The van der Waals surface area contributed by atoms with E-state index in [-0.39, 0.29) is 5.91 Å². The molecule has 1 saturated heterocycles. The Kier molecular flexibility index (Phi) is 4.31. The van der Waals surface area contributed by atoms with Gasteiger partial charge in [-0.05, 0) is 32.9 Å². The molecule has 2 aromatic rings. The molecule has 1 N–H and O–H groups in total. The molecule has 2 aromatic heterocycles. The van der Waals surface area contributed by atoms with Gasteiger partial charge in [0.05, 0.1) is 21.9 Å². The van der Waals surface area contributed by atoms with E-state index in [1.54, 1.807) is 16.2 Å². The second-order valence-electron chi connectivity index (χ2n) is 5.27. The first-order chi connectivity index (χ1) is 11.0. The highest BCUT2D eigenvalue weighted by molar-refractivity contribution is 9.11. The maximum absolute atomic E-state index is 12.5. The van der Waals surface area contributed by atoms with E-state index in [1.165, 1.54) is 12.4 Å². The summed E-state index contributed by atoms with van der Waals surface area (Å²) in [4.78, 5) is 35.8. The average Bonchev–Trinajstić information content (AvgIpc) is 3.03. The van der Waals surface area contributed by atoms with E-state index in [0.29, 0.717) is 18.1 Å². The number of nitrogens with zero attached hydrogens (tertiary/aromatic N) is 4. The molecule has 0 saturated carbocycles. The lowest BCUT2D eigenvalue weighted by Gasteiger charge is -2.14. The second kappa shape index (κ2) is 6.25. The quantitative estimate of drug-likeness (QED) is 0.801. The minimum atomic E-state index is -0.572. The fourth-order valence-corrected chi connectivity index (χ4v) is 3.49. The van der Waals surface area contributed by atoms with Gasteiger partial charge in [0.15, 0.2) is 0 Å². The fraction of sp³-hybridized carbons (Fsp3) is 0.286. The van der Waals surface area contributed by atoms with Crippen molar-refractivity contribution in [2.24, 2.45) is 0 Å². The highest BCUT2D eigenvalue weighted by Gasteiger charge is 2.39. The summed E-state index contributed by atoms with van der Waals surface area (Å²) in [6, 6.07) is 0.926. The van der Waals surface area contributed by atoms with Crippen molar-refractivity contribution < 1.29 is 9.59 Å². The first-order valence-corrected chi connectivity index (χ1v) is 8.49. The Bertz CT molecular complexity index is 746. The standard InChI is InChI=1S/C14H14BrN5O2S/c1-19(2)13-16-5-9(6-17-13)20-12(21)10(18-14(20)22)3-8-4-11(15)23-7-8/h4-7,10H,3H2,1-2H3,(H,18,22)/t10-/m1/s1. The molecule has 0 aromatic carbocycles. The molecule has 0 radical (unpaired) electrons. The van der Waals surface area contributed by atoms with Crippen molar-refractivity contribution in [1.29, 1.82) is 0 Å². The Morgan fingerprint density at radius 2 is 2.04 bits per heavy atom. The van der Waals surface area contributed by atoms with Crippen molar-refractivity contribution in [3.05, 3.63) is 33.2 Å². The Labute approximate surface area is 145 Å². The highest BCUT2D eigenvalue weighted by Crippen LogP contribution is 2.24. The molecule has 7 nitrogen and oxygen atoms in total. The van der Waals surface area contributed by atoms with Crippen LogP contribution < -0.4 is 15.1 Å². The van der Waals surface area contributed by atoms with Crippen LogP contribution in [-0.4, -0.2) is 42.0 Å². The van der Waals surface area contributed by atoms with E-state index in [9.17, 15) is 9.59 Å². The van der Waals surface area contributed by atoms with Crippen LogP contribution in [-0.2, 0) is 11.2 Å². The van der Waals surface area contributed by atoms with Crippen molar-refractivity contribution in [2.75, 3.05) is 23.9 Å². The third-order valence-electron chi connectivity index (χ3n) is 3.36. The van der Waals surface area contributed by atoms with Crippen LogP contribution in [0.2, 0.25) is 0 Å².